The molecule has 0 unspecified atom stereocenters. The zero-order valence-electron chi connectivity index (χ0n) is 10.9. The van der Waals surface area contributed by atoms with Gasteiger partial charge in [0.15, 0.2) is 0 Å². The van der Waals surface area contributed by atoms with E-state index in [1.54, 1.807) is 0 Å². The fraction of sp³-hybridized carbons (Fsp3) is 0.188. The average Bonchev–Trinajstić information content (AvgIpc) is 2.69. The Morgan fingerprint density at radius 2 is 2.00 bits per heavy atom. The molecule has 2 aromatic carbocycles. The van der Waals surface area contributed by atoms with Crippen molar-refractivity contribution in [2.24, 2.45) is 0 Å². The van der Waals surface area contributed by atoms with Crippen LogP contribution in [-0.4, -0.2) is 10.8 Å². The fourth-order valence-corrected chi connectivity index (χ4v) is 2.57. The van der Waals surface area contributed by atoms with Crippen molar-refractivity contribution in [2.45, 2.75) is 20.0 Å². The van der Waals surface area contributed by atoms with Crippen LogP contribution < -0.4 is 5.73 Å². The van der Waals surface area contributed by atoms with E-state index in [0.717, 1.165) is 16.7 Å². The summed E-state index contributed by atoms with van der Waals surface area (Å²) in [5.41, 5.74) is 10.7. The van der Waals surface area contributed by atoms with Crippen LogP contribution in [0.1, 0.15) is 27.0 Å². The first-order valence-electron chi connectivity index (χ1n) is 6.37. The van der Waals surface area contributed by atoms with Gasteiger partial charge in [-0.15, -0.1) is 0 Å². The largest absolute Gasteiger partial charge is 0.398 e. The predicted molar refractivity (Wildman–Crippen MR) is 75.6 cm³/mol. The summed E-state index contributed by atoms with van der Waals surface area (Å²) < 4.78 is 0. The molecule has 2 N–H and O–H groups in total. The van der Waals surface area contributed by atoms with Gasteiger partial charge in [-0.25, -0.2) is 0 Å². The van der Waals surface area contributed by atoms with Gasteiger partial charge in [0.1, 0.15) is 0 Å². The maximum atomic E-state index is 12.3. The molecule has 3 heteroatoms. The molecule has 0 saturated carbocycles. The van der Waals surface area contributed by atoms with Gasteiger partial charge in [-0.3, -0.25) is 4.79 Å². The molecule has 0 aromatic heterocycles. The number of carbonyl (C=O) groups is 1. The smallest absolute Gasteiger partial charge is 0.254 e. The molecule has 0 radical (unpaired) electrons. The number of nitrogen functional groups attached to an aromatic ring is 1. The molecule has 96 valence electrons. The molecule has 19 heavy (non-hydrogen) atoms. The summed E-state index contributed by atoms with van der Waals surface area (Å²) in [6, 6.07) is 13.8. The van der Waals surface area contributed by atoms with Gasteiger partial charge in [-0.1, -0.05) is 35.9 Å². The van der Waals surface area contributed by atoms with Gasteiger partial charge in [0, 0.05) is 29.9 Å². The van der Waals surface area contributed by atoms with E-state index in [1.165, 1.54) is 5.56 Å². The van der Waals surface area contributed by atoms with Crippen LogP contribution in [0.4, 0.5) is 5.69 Å². The third kappa shape index (κ3) is 2.08. The monoisotopic (exact) mass is 252 g/mol. The number of aryl methyl sites for hydroxylation is 1. The number of anilines is 1. The highest BCUT2D eigenvalue weighted by atomic mass is 16.2. The number of hydrogen-bond acceptors (Lipinski definition) is 2. The lowest BCUT2D eigenvalue weighted by atomic mass is 10.1. The Morgan fingerprint density at radius 1 is 1.21 bits per heavy atom. The molecule has 1 amide bonds. The SMILES string of the molecule is Cc1cccc(CN2Cc3c(N)cccc3C2=O)c1. The number of rotatable bonds is 2. The van der Waals surface area contributed by atoms with E-state index < -0.39 is 0 Å². The van der Waals surface area contributed by atoms with Crippen LogP contribution in [0.25, 0.3) is 0 Å². The standard InChI is InChI=1S/C16H16N2O/c1-11-4-2-5-12(8-11)9-18-10-14-13(16(18)19)6-3-7-15(14)17/h2-8H,9-10,17H2,1H3. The fourth-order valence-electron chi connectivity index (χ4n) is 2.57. The van der Waals surface area contributed by atoms with E-state index >= 15 is 0 Å². The summed E-state index contributed by atoms with van der Waals surface area (Å²) in [6.07, 6.45) is 0. The zero-order chi connectivity index (χ0) is 13.4. The first-order valence-corrected chi connectivity index (χ1v) is 6.37. The Bertz CT molecular complexity index is 649. The Labute approximate surface area is 112 Å². The second-order valence-electron chi connectivity index (χ2n) is 5.02. The van der Waals surface area contributed by atoms with Crippen molar-refractivity contribution in [3.63, 3.8) is 0 Å². The van der Waals surface area contributed by atoms with Gasteiger partial charge in [0.05, 0.1) is 0 Å². The predicted octanol–water partition coefficient (Wildman–Crippen LogP) is 2.73. The van der Waals surface area contributed by atoms with Crippen LogP contribution in [0.2, 0.25) is 0 Å². The molecule has 0 aliphatic carbocycles. The Morgan fingerprint density at radius 3 is 2.74 bits per heavy atom. The lowest BCUT2D eigenvalue weighted by Gasteiger charge is -2.16. The minimum absolute atomic E-state index is 0.0730. The number of nitrogens with two attached hydrogens (primary N) is 1. The van der Waals surface area contributed by atoms with E-state index in [9.17, 15) is 4.79 Å². The van der Waals surface area contributed by atoms with Crippen LogP contribution >= 0.6 is 0 Å². The van der Waals surface area contributed by atoms with Crippen molar-refractivity contribution >= 4 is 11.6 Å². The van der Waals surface area contributed by atoms with E-state index in [-0.39, 0.29) is 5.91 Å². The molecule has 2 aromatic rings. The Hall–Kier alpha value is -2.29. The highest BCUT2D eigenvalue weighted by Crippen LogP contribution is 2.28. The quantitative estimate of drug-likeness (QED) is 0.835. The lowest BCUT2D eigenvalue weighted by Crippen LogP contribution is -2.23. The normalized spacial score (nSPS) is 13.7. The zero-order valence-corrected chi connectivity index (χ0v) is 10.9. The van der Waals surface area contributed by atoms with E-state index in [2.05, 4.69) is 19.1 Å². The van der Waals surface area contributed by atoms with Gasteiger partial charge in [0.2, 0.25) is 0 Å². The number of amides is 1. The average molecular weight is 252 g/mol. The molecular weight excluding hydrogens is 236 g/mol. The molecule has 3 rings (SSSR count). The summed E-state index contributed by atoms with van der Waals surface area (Å²) in [5.74, 6) is 0.0730. The maximum absolute atomic E-state index is 12.3. The number of hydrogen-bond donors (Lipinski definition) is 1. The summed E-state index contributed by atoms with van der Waals surface area (Å²) in [4.78, 5) is 14.2. The van der Waals surface area contributed by atoms with Gasteiger partial charge in [-0.05, 0) is 24.6 Å². The molecule has 0 saturated heterocycles. The van der Waals surface area contributed by atoms with E-state index in [1.807, 2.05) is 35.2 Å². The molecule has 0 spiro atoms. The van der Waals surface area contributed by atoms with Crippen molar-refractivity contribution in [3.8, 4) is 0 Å². The van der Waals surface area contributed by atoms with Crippen LogP contribution in [0.3, 0.4) is 0 Å². The van der Waals surface area contributed by atoms with Crippen LogP contribution in [0, 0.1) is 6.92 Å². The van der Waals surface area contributed by atoms with Crippen molar-refractivity contribution in [2.75, 3.05) is 5.73 Å². The second-order valence-corrected chi connectivity index (χ2v) is 5.02. The van der Waals surface area contributed by atoms with Crippen LogP contribution in [0.5, 0.6) is 0 Å². The minimum atomic E-state index is 0.0730. The number of fused-ring (bicyclic) bond motifs is 1. The molecular formula is C16H16N2O. The van der Waals surface area contributed by atoms with Gasteiger partial charge in [-0.2, -0.15) is 0 Å². The summed E-state index contributed by atoms with van der Waals surface area (Å²) >= 11 is 0. The van der Waals surface area contributed by atoms with Gasteiger partial charge in [0.25, 0.3) is 5.91 Å². The third-order valence-electron chi connectivity index (χ3n) is 3.53. The molecule has 0 fully saturated rings. The number of nitrogens with zero attached hydrogens (tertiary/aromatic N) is 1. The molecule has 0 bridgehead atoms. The lowest BCUT2D eigenvalue weighted by molar-refractivity contribution is 0.0767. The number of benzene rings is 2. The highest BCUT2D eigenvalue weighted by molar-refractivity contribution is 5.99. The molecule has 1 aliphatic rings. The first kappa shape index (κ1) is 11.8. The summed E-state index contributed by atoms with van der Waals surface area (Å²) in [5, 5.41) is 0. The van der Waals surface area contributed by atoms with Gasteiger partial charge >= 0.3 is 0 Å². The summed E-state index contributed by atoms with van der Waals surface area (Å²) in [6.45, 7) is 3.30. The second kappa shape index (κ2) is 4.43. The topological polar surface area (TPSA) is 46.3 Å². The molecule has 1 heterocycles. The Balaban J connectivity index is 1.86. The van der Waals surface area contributed by atoms with Crippen LogP contribution in [0.15, 0.2) is 42.5 Å². The van der Waals surface area contributed by atoms with E-state index in [0.29, 0.717) is 18.8 Å². The van der Waals surface area contributed by atoms with Crippen molar-refractivity contribution in [3.05, 3.63) is 64.7 Å². The molecule has 3 nitrogen and oxygen atoms in total. The number of carbonyl (C=O) groups excluding carboxylic acids is 1. The Kier molecular flexibility index (Phi) is 2.75. The van der Waals surface area contributed by atoms with E-state index in [4.69, 9.17) is 5.73 Å². The maximum Gasteiger partial charge on any atom is 0.254 e. The third-order valence-corrected chi connectivity index (χ3v) is 3.53. The minimum Gasteiger partial charge on any atom is -0.398 e. The molecule has 1 aliphatic heterocycles. The van der Waals surface area contributed by atoms with Crippen molar-refractivity contribution < 1.29 is 4.79 Å². The highest BCUT2D eigenvalue weighted by Gasteiger charge is 2.28. The van der Waals surface area contributed by atoms with Crippen molar-refractivity contribution in [1.29, 1.82) is 0 Å². The van der Waals surface area contributed by atoms with Crippen LogP contribution in [-0.2, 0) is 13.1 Å². The summed E-state index contributed by atoms with van der Waals surface area (Å²) in [7, 11) is 0. The molecule has 0 atom stereocenters. The van der Waals surface area contributed by atoms with Gasteiger partial charge < -0.3 is 10.6 Å². The van der Waals surface area contributed by atoms with Crippen molar-refractivity contribution in [1.82, 2.24) is 4.90 Å². The first-order chi connectivity index (χ1) is 9.15.